The summed E-state index contributed by atoms with van der Waals surface area (Å²) in [5.74, 6) is 1.22. The van der Waals surface area contributed by atoms with Crippen molar-refractivity contribution in [3.8, 4) is 5.88 Å². The van der Waals surface area contributed by atoms with E-state index in [0.717, 1.165) is 19.4 Å². The minimum Gasteiger partial charge on any atom is -0.474 e. The molecule has 0 amide bonds. The number of nitrogens with one attached hydrogen (secondary N) is 1. The molecular formula is C12H19N3O2. The van der Waals surface area contributed by atoms with Gasteiger partial charge in [0.25, 0.3) is 0 Å². The maximum absolute atomic E-state index is 9.21. The molecular weight excluding hydrogens is 218 g/mol. The van der Waals surface area contributed by atoms with E-state index in [1.807, 2.05) is 13.8 Å². The van der Waals surface area contributed by atoms with Crippen LogP contribution in [0.3, 0.4) is 0 Å². The van der Waals surface area contributed by atoms with E-state index in [0.29, 0.717) is 11.7 Å². The number of hydrogen-bond donors (Lipinski definition) is 2. The highest BCUT2D eigenvalue weighted by molar-refractivity contribution is 5.34. The highest BCUT2D eigenvalue weighted by Crippen LogP contribution is 2.44. The minimum atomic E-state index is 0.0661. The second-order valence-electron chi connectivity index (χ2n) is 4.92. The van der Waals surface area contributed by atoms with Crippen LogP contribution in [0, 0.1) is 5.41 Å². The summed E-state index contributed by atoms with van der Waals surface area (Å²) < 4.78 is 5.47. The van der Waals surface area contributed by atoms with E-state index in [-0.39, 0.29) is 18.1 Å². The van der Waals surface area contributed by atoms with Crippen molar-refractivity contribution in [2.45, 2.75) is 32.8 Å². The van der Waals surface area contributed by atoms with Crippen molar-refractivity contribution in [1.29, 1.82) is 0 Å². The van der Waals surface area contributed by atoms with Gasteiger partial charge in [-0.2, -0.15) is 4.98 Å². The second kappa shape index (κ2) is 4.87. The molecule has 1 fully saturated rings. The summed E-state index contributed by atoms with van der Waals surface area (Å²) in [4.78, 5) is 8.37. The summed E-state index contributed by atoms with van der Waals surface area (Å²) in [7, 11) is 0. The molecule has 1 aromatic rings. The van der Waals surface area contributed by atoms with Crippen LogP contribution in [0.25, 0.3) is 0 Å². The lowest BCUT2D eigenvalue weighted by molar-refractivity contribution is 0.219. The van der Waals surface area contributed by atoms with Gasteiger partial charge in [-0.1, -0.05) is 0 Å². The van der Waals surface area contributed by atoms with E-state index in [9.17, 15) is 5.11 Å². The van der Waals surface area contributed by atoms with Gasteiger partial charge in [0.05, 0.1) is 25.1 Å². The van der Waals surface area contributed by atoms with Gasteiger partial charge in [0.1, 0.15) is 5.82 Å². The van der Waals surface area contributed by atoms with Gasteiger partial charge < -0.3 is 15.2 Å². The highest BCUT2D eigenvalue weighted by Gasteiger charge is 2.41. The molecule has 1 heterocycles. The predicted molar refractivity (Wildman–Crippen MR) is 65.0 cm³/mol. The Morgan fingerprint density at radius 3 is 2.82 bits per heavy atom. The lowest BCUT2D eigenvalue weighted by Crippen LogP contribution is -2.19. The molecule has 0 spiro atoms. The van der Waals surface area contributed by atoms with E-state index in [1.165, 1.54) is 0 Å². The number of hydrogen-bond acceptors (Lipinski definition) is 5. The quantitative estimate of drug-likeness (QED) is 0.783. The van der Waals surface area contributed by atoms with Crippen LogP contribution in [-0.2, 0) is 0 Å². The zero-order chi connectivity index (χ0) is 12.3. The summed E-state index contributed by atoms with van der Waals surface area (Å²) in [6.45, 7) is 4.87. The first kappa shape index (κ1) is 12.1. The Bertz CT molecular complexity index is 378. The molecule has 0 aromatic carbocycles. The van der Waals surface area contributed by atoms with E-state index in [1.54, 1.807) is 12.4 Å². The summed E-state index contributed by atoms with van der Waals surface area (Å²) in [5.41, 5.74) is 0.0661. The monoisotopic (exact) mass is 237 g/mol. The Kier molecular flexibility index (Phi) is 3.47. The molecule has 1 aromatic heterocycles. The smallest absolute Gasteiger partial charge is 0.234 e. The Hall–Kier alpha value is -1.36. The van der Waals surface area contributed by atoms with Crippen LogP contribution in [0.2, 0.25) is 0 Å². The molecule has 1 aliphatic rings. The van der Waals surface area contributed by atoms with Crippen molar-refractivity contribution < 1.29 is 9.84 Å². The van der Waals surface area contributed by atoms with Gasteiger partial charge in [-0.3, -0.25) is 4.98 Å². The summed E-state index contributed by atoms with van der Waals surface area (Å²) in [6.07, 6.45) is 5.51. The molecule has 0 aliphatic heterocycles. The molecule has 2 N–H and O–H groups in total. The van der Waals surface area contributed by atoms with Gasteiger partial charge in [0, 0.05) is 12.0 Å². The molecule has 94 valence electrons. The van der Waals surface area contributed by atoms with Crippen molar-refractivity contribution in [2.75, 3.05) is 18.5 Å². The van der Waals surface area contributed by atoms with Crippen molar-refractivity contribution in [1.82, 2.24) is 9.97 Å². The fourth-order valence-corrected chi connectivity index (χ4v) is 1.58. The first-order chi connectivity index (χ1) is 8.13. The topological polar surface area (TPSA) is 67.3 Å². The second-order valence-corrected chi connectivity index (χ2v) is 4.92. The number of rotatable bonds is 6. The third kappa shape index (κ3) is 3.30. The van der Waals surface area contributed by atoms with Crippen LogP contribution in [0.1, 0.15) is 26.7 Å². The summed E-state index contributed by atoms with van der Waals surface area (Å²) in [6, 6.07) is 0. The van der Waals surface area contributed by atoms with E-state index >= 15 is 0 Å². The predicted octanol–water partition coefficient (Wildman–Crippen LogP) is 1.45. The van der Waals surface area contributed by atoms with Crippen LogP contribution in [-0.4, -0.2) is 34.3 Å². The first-order valence-electron chi connectivity index (χ1n) is 5.97. The normalized spacial score (nSPS) is 16.9. The fourth-order valence-electron chi connectivity index (χ4n) is 1.58. The van der Waals surface area contributed by atoms with Crippen LogP contribution in [0.5, 0.6) is 5.88 Å². The molecule has 2 rings (SSSR count). The van der Waals surface area contributed by atoms with Crippen LogP contribution < -0.4 is 10.1 Å². The molecule has 17 heavy (non-hydrogen) atoms. The SMILES string of the molecule is CC(C)Oc1cncc(NCC2(CO)CC2)n1. The Morgan fingerprint density at radius 1 is 1.47 bits per heavy atom. The number of aliphatic hydroxyl groups is 1. The maximum atomic E-state index is 9.21. The first-order valence-corrected chi connectivity index (χ1v) is 5.97. The molecule has 1 saturated carbocycles. The van der Waals surface area contributed by atoms with Crippen molar-refractivity contribution in [3.63, 3.8) is 0 Å². The van der Waals surface area contributed by atoms with Crippen LogP contribution in [0.4, 0.5) is 5.82 Å². The molecule has 0 saturated heterocycles. The Labute approximate surface area is 101 Å². The largest absolute Gasteiger partial charge is 0.474 e. The molecule has 5 nitrogen and oxygen atoms in total. The summed E-state index contributed by atoms with van der Waals surface area (Å²) >= 11 is 0. The number of aromatic nitrogens is 2. The van der Waals surface area contributed by atoms with Gasteiger partial charge in [-0.05, 0) is 26.7 Å². The number of anilines is 1. The molecule has 0 atom stereocenters. The Balaban J connectivity index is 1.92. The van der Waals surface area contributed by atoms with Gasteiger partial charge in [-0.25, -0.2) is 0 Å². The molecule has 0 bridgehead atoms. The molecule has 0 unspecified atom stereocenters. The van der Waals surface area contributed by atoms with Crippen LogP contribution in [0.15, 0.2) is 12.4 Å². The fraction of sp³-hybridized carbons (Fsp3) is 0.667. The molecule has 5 heteroatoms. The van der Waals surface area contributed by atoms with Crippen molar-refractivity contribution in [3.05, 3.63) is 12.4 Å². The maximum Gasteiger partial charge on any atom is 0.234 e. The standard InChI is InChI=1S/C12H19N3O2/c1-9(2)17-11-6-13-5-10(15-11)14-7-12(8-16)3-4-12/h5-6,9,16H,3-4,7-8H2,1-2H3,(H,14,15). The van der Waals surface area contributed by atoms with Gasteiger partial charge >= 0.3 is 0 Å². The number of aliphatic hydroxyl groups excluding tert-OH is 1. The zero-order valence-corrected chi connectivity index (χ0v) is 10.3. The minimum absolute atomic E-state index is 0.0661. The van der Waals surface area contributed by atoms with Crippen molar-refractivity contribution >= 4 is 5.82 Å². The Morgan fingerprint density at radius 2 is 2.24 bits per heavy atom. The van der Waals surface area contributed by atoms with E-state index in [4.69, 9.17) is 4.74 Å². The average molecular weight is 237 g/mol. The highest BCUT2D eigenvalue weighted by atomic mass is 16.5. The lowest BCUT2D eigenvalue weighted by Gasteiger charge is -2.14. The molecule has 0 radical (unpaired) electrons. The molecule has 1 aliphatic carbocycles. The number of ether oxygens (including phenoxy) is 1. The third-order valence-corrected chi connectivity index (χ3v) is 2.91. The van der Waals surface area contributed by atoms with E-state index < -0.39 is 0 Å². The third-order valence-electron chi connectivity index (χ3n) is 2.91. The average Bonchev–Trinajstić information content (AvgIpc) is 3.07. The van der Waals surface area contributed by atoms with Gasteiger partial charge in [0.15, 0.2) is 0 Å². The zero-order valence-electron chi connectivity index (χ0n) is 10.3. The van der Waals surface area contributed by atoms with E-state index in [2.05, 4.69) is 15.3 Å². The van der Waals surface area contributed by atoms with Crippen molar-refractivity contribution in [2.24, 2.45) is 5.41 Å². The number of nitrogens with zero attached hydrogens (tertiary/aromatic N) is 2. The lowest BCUT2D eigenvalue weighted by atomic mass is 10.1. The van der Waals surface area contributed by atoms with Gasteiger partial charge in [-0.15, -0.1) is 0 Å². The summed E-state index contributed by atoms with van der Waals surface area (Å²) in [5, 5.41) is 12.4. The van der Waals surface area contributed by atoms with Crippen LogP contribution >= 0.6 is 0 Å². The van der Waals surface area contributed by atoms with Gasteiger partial charge in [0.2, 0.25) is 5.88 Å².